The number of phosphoric ester groups is 1. The molecule has 9 heteroatoms. The second-order valence-corrected chi connectivity index (χ2v) is 16.0. The second-order valence-electron chi connectivity index (χ2n) is 14.6. The van der Waals surface area contributed by atoms with E-state index in [1.807, 2.05) is 6.08 Å². The summed E-state index contributed by atoms with van der Waals surface area (Å²) >= 11 is 0. The molecule has 3 atom stereocenters. The van der Waals surface area contributed by atoms with Crippen LogP contribution < -0.4 is 11.1 Å². The average Bonchev–Trinajstić information content (AvgIpc) is 3.12. The van der Waals surface area contributed by atoms with Crippen LogP contribution in [-0.4, -0.2) is 47.8 Å². The van der Waals surface area contributed by atoms with E-state index >= 15 is 0 Å². The predicted octanol–water partition coefficient (Wildman–Crippen LogP) is 11.8. The first-order chi connectivity index (χ1) is 24.9. The van der Waals surface area contributed by atoms with Gasteiger partial charge in [-0.3, -0.25) is 13.8 Å². The first-order valence-corrected chi connectivity index (χ1v) is 23.0. The molecule has 0 spiro atoms. The fourth-order valence-electron chi connectivity index (χ4n) is 6.27. The Morgan fingerprint density at radius 3 is 1.51 bits per heavy atom. The molecule has 0 radical (unpaired) electrons. The van der Waals surface area contributed by atoms with Gasteiger partial charge in [0.05, 0.1) is 25.4 Å². The van der Waals surface area contributed by atoms with Gasteiger partial charge in [0.2, 0.25) is 5.91 Å². The summed E-state index contributed by atoms with van der Waals surface area (Å²) < 4.78 is 22.1. The zero-order valence-corrected chi connectivity index (χ0v) is 34.2. The molecule has 0 saturated heterocycles. The van der Waals surface area contributed by atoms with Gasteiger partial charge in [0, 0.05) is 13.0 Å². The summed E-state index contributed by atoms with van der Waals surface area (Å²) in [6.07, 6.45) is 43.7. The van der Waals surface area contributed by atoms with E-state index in [1.165, 1.54) is 148 Å². The van der Waals surface area contributed by atoms with Gasteiger partial charge in [0.15, 0.2) is 0 Å². The number of carbonyl (C=O) groups excluding carboxylic acids is 1. The number of nitrogens with two attached hydrogens (primary N) is 1. The van der Waals surface area contributed by atoms with Gasteiger partial charge in [-0.05, 0) is 32.1 Å². The lowest BCUT2D eigenvalue weighted by Gasteiger charge is -2.23. The number of unbranched alkanes of at least 4 members (excludes halogenated alkanes) is 26. The van der Waals surface area contributed by atoms with Crippen LogP contribution >= 0.6 is 7.82 Å². The fraction of sp³-hybridized carbons (Fsp3) is 0.881. The number of hydrogen-bond donors (Lipinski definition) is 4. The number of allylic oxidation sites excluding steroid dienone is 3. The highest BCUT2D eigenvalue weighted by Crippen LogP contribution is 2.43. The van der Waals surface area contributed by atoms with Crippen LogP contribution in [0.5, 0.6) is 0 Å². The highest BCUT2D eigenvalue weighted by Gasteiger charge is 2.26. The summed E-state index contributed by atoms with van der Waals surface area (Å²) in [4.78, 5) is 22.7. The normalized spacial score (nSPS) is 14.4. The summed E-state index contributed by atoms with van der Waals surface area (Å²) in [5, 5.41) is 13.6. The van der Waals surface area contributed by atoms with E-state index in [4.69, 9.17) is 14.8 Å². The summed E-state index contributed by atoms with van der Waals surface area (Å²) in [6, 6.07) is -0.872. The van der Waals surface area contributed by atoms with Crippen LogP contribution in [0, 0.1) is 0 Å². The summed E-state index contributed by atoms with van der Waals surface area (Å²) in [5.74, 6) is -0.202. The third-order valence-corrected chi connectivity index (χ3v) is 10.5. The Kier molecular flexibility index (Phi) is 37.9. The molecule has 0 aromatic rings. The smallest absolute Gasteiger partial charge is 0.387 e. The van der Waals surface area contributed by atoms with Gasteiger partial charge in [0.1, 0.15) is 0 Å². The molecule has 0 bridgehead atoms. The van der Waals surface area contributed by atoms with Crippen molar-refractivity contribution >= 4 is 13.7 Å². The topological polar surface area (TPSA) is 131 Å². The number of rotatable bonds is 40. The molecule has 302 valence electrons. The summed E-state index contributed by atoms with van der Waals surface area (Å²) in [5.41, 5.74) is 5.37. The van der Waals surface area contributed by atoms with Gasteiger partial charge in [-0.25, -0.2) is 4.57 Å². The van der Waals surface area contributed by atoms with Crippen molar-refractivity contribution in [3.63, 3.8) is 0 Å². The van der Waals surface area contributed by atoms with Crippen molar-refractivity contribution in [3.8, 4) is 0 Å². The first-order valence-electron chi connectivity index (χ1n) is 21.5. The van der Waals surface area contributed by atoms with Crippen molar-refractivity contribution in [2.75, 3.05) is 19.8 Å². The van der Waals surface area contributed by atoms with Crippen molar-refractivity contribution in [1.82, 2.24) is 5.32 Å². The maximum atomic E-state index is 12.7. The van der Waals surface area contributed by atoms with Crippen molar-refractivity contribution in [2.24, 2.45) is 5.73 Å². The van der Waals surface area contributed by atoms with Crippen molar-refractivity contribution in [1.29, 1.82) is 0 Å². The van der Waals surface area contributed by atoms with Gasteiger partial charge >= 0.3 is 7.82 Å². The first kappa shape index (κ1) is 50.0. The molecule has 0 aromatic carbocycles. The average molecular weight is 743 g/mol. The summed E-state index contributed by atoms with van der Waals surface area (Å²) in [7, 11) is -4.34. The monoisotopic (exact) mass is 743 g/mol. The number of phosphoric acid groups is 1. The van der Waals surface area contributed by atoms with Crippen LogP contribution in [0.25, 0.3) is 0 Å². The molecule has 0 aliphatic rings. The predicted molar refractivity (Wildman–Crippen MR) is 217 cm³/mol. The second kappa shape index (κ2) is 38.7. The molecule has 3 unspecified atom stereocenters. The van der Waals surface area contributed by atoms with E-state index < -0.39 is 20.0 Å². The molecule has 51 heavy (non-hydrogen) atoms. The molecule has 0 rings (SSSR count). The molecular weight excluding hydrogens is 659 g/mol. The van der Waals surface area contributed by atoms with Crippen molar-refractivity contribution in [3.05, 3.63) is 24.3 Å². The molecule has 0 aliphatic heterocycles. The molecule has 0 aromatic heterocycles. The van der Waals surface area contributed by atoms with Crippen molar-refractivity contribution < 1.29 is 28.4 Å². The molecule has 0 saturated carbocycles. The number of carbonyl (C=O) groups is 1. The molecule has 0 heterocycles. The van der Waals surface area contributed by atoms with Crippen LogP contribution in [-0.2, 0) is 18.4 Å². The zero-order valence-electron chi connectivity index (χ0n) is 33.4. The molecular formula is C42H83N2O6P. The van der Waals surface area contributed by atoms with E-state index in [-0.39, 0.29) is 25.7 Å². The highest BCUT2D eigenvalue weighted by molar-refractivity contribution is 7.47. The van der Waals surface area contributed by atoms with Crippen LogP contribution in [0.15, 0.2) is 24.3 Å². The molecule has 5 N–H and O–H groups in total. The molecule has 8 nitrogen and oxygen atoms in total. The number of nitrogens with one attached hydrogen (secondary N) is 1. The van der Waals surface area contributed by atoms with E-state index in [1.54, 1.807) is 6.08 Å². The molecule has 0 aliphatic carbocycles. The van der Waals surface area contributed by atoms with E-state index in [0.29, 0.717) is 6.42 Å². The van der Waals surface area contributed by atoms with Crippen LogP contribution in [0.3, 0.4) is 0 Å². The summed E-state index contributed by atoms with van der Waals surface area (Å²) in [6.45, 7) is 4.12. The SMILES string of the molecule is CCCCCCCCCCCCCC/C=C/CC/C=C/C(O)C(COP(=O)(O)OCCN)NC(=O)CCCCCCCCCCCCCCCC. The van der Waals surface area contributed by atoms with Gasteiger partial charge < -0.3 is 21.1 Å². The molecule has 1 amide bonds. The third-order valence-electron chi connectivity index (χ3n) is 9.53. The van der Waals surface area contributed by atoms with Crippen LogP contribution in [0.4, 0.5) is 0 Å². The van der Waals surface area contributed by atoms with Gasteiger partial charge in [-0.1, -0.05) is 192 Å². The third kappa shape index (κ3) is 37.1. The zero-order chi connectivity index (χ0) is 37.5. The number of aliphatic hydroxyl groups excluding tert-OH is 1. The van der Waals surface area contributed by atoms with Crippen molar-refractivity contribution in [2.45, 2.75) is 219 Å². The number of hydrogen-bond acceptors (Lipinski definition) is 6. The van der Waals surface area contributed by atoms with Gasteiger partial charge in [-0.15, -0.1) is 0 Å². The lowest BCUT2D eigenvalue weighted by Crippen LogP contribution is -2.45. The van der Waals surface area contributed by atoms with E-state index in [2.05, 4.69) is 31.3 Å². The Morgan fingerprint density at radius 2 is 1.04 bits per heavy atom. The Bertz CT molecular complexity index is 855. The minimum Gasteiger partial charge on any atom is -0.387 e. The standard InChI is InChI=1S/C42H83N2O6P/c1-3-5-7-9-11-13-15-17-19-20-21-22-23-25-27-29-31-33-35-41(45)40(39-50-51(47,48)49-38-37-43)44-42(46)36-34-32-30-28-26-24-18-16-14-12-10-8-6-4-2/h25,27,33,35,40-41,45H,3-24,26,28-32,34,36-39,43H2,1-2H3,(H,44,46)(H,47,48)/b27-25+,35-33+. The van der Waals surface area contributed by atoms with Gasteiger partial charge in [0.25, 0.3) is 0 Å². The Hall–Kier alpha value is -1.02. The maximum Gasteiger partial charge on any atom is 0.472 e. The lowest BCUT2D eigenvalue weighted by atomic mass is 10.0. The van der Waals surface area contributed by atoms with Crippen LogP contribution in [0.1, 0.15) is 206 Å². The Morgan fingerprint density at radius 1 is 0.627 bits per heavy atom. The van der Waals surface area contributed by atoms with E-state index in [0.717, 1.165) is 38.5 Å². The quantitative estimate of drug-likeness (QED) is 0.0279. The van der Waals surface area contributed by atoms with E-state index in [9.17, 15) is 19.4 Å². The minimum atomic E-state index is -4.34. The largest absolute Gasteiger partial charge is 0.472 e. The highest BCUT2D eigenvalue weighted by atomic mass is 31.2. The number of amides is 1. The van der Waals surface area contributed by atoms with Crippen LogP contribution in [0.2, 0.25) is 0 Å². The Labute approximate surface area is 315 Å². The minimum absolute atomic E-state index is 0.0758. The van der Waals surface area contributed by atoms with Gasteiger partial charge in [-0.2, -0.15) is 0 Å². The maximum absolute atomic E-state index is 12.7. The molecule has 0 fully saturated rings. The fourth-order valence-corrected chi connectivity index (χ4v) is 7.03. The number of aliphatic hydroxyl groups is 1. The Balaban J connectivity index is 4.26. The lowest BCUT2D eigenvalue weighted by molar-refractivity contribution is -0.123.